The van der Waals surface area contributed by atoms with Gasteiger partial charge in [0.2, 0.25) is 0 Å². The topological polar surface area (TPSA) is 12.4 Å². The molecule has 1 aromatic carbocycles. The Morgan fingerprint density at radius 1 is 1.46 bits per heavy atom. The van der Waals surface area contributed by atoms with Gasteiger partial charge in [-0.2, -0.15) is 0 Å². The Hall–Kier alpha value is -1.18. The molecule has 70 valence electrons. The van der Waals surface area contributed by atoms with Crippen molar-refractivity contribution in [3.05, 3.63) is 35.6 Å². The lowest BCUT2D eigenvalue weighted by Crippen LogP contribution is -2.00. The molecule has 0 bridgehead atoms. The highest BCUT2D eigenvalue weighted by atomic mass is 19.1. The van der Waals surface area contributed by atoms with Crippen LogP contribution in [-0.4, -0.2) is 12.8 Å². The summed E-state index contributed by atoms with van der Waals surface area (Å²) in [6, 6.07) is 6.58. The summed E-state index contributed by atoms with van der Waals surface area (Å²) in [5, 5.41) is 0. The van der Waals surface area contributed by atoms with Crippen LogP contribution in [0.25, 0.3) is 0 Å². The van der Waals surface area contributed by atoms with Crippen LogP contribution in [0.3, 0.4) is 0 Å². The molecule has 0 atom stereocenters. The Balaban J connectivity index is 2.92. The molecule has 1 nitrogen and oxygen atoms in total. The van der Waals surface area contributed by atoms with Gasteiger partial charge in [0, 0.05) is 12.8 Å². The van der Waals surface area contributed by atoms with Crippen molar-refractivity contribution in [3.8, 4) is 0 Å². The third-order valence-corrected chi connectivity index (χ3v) is 1.91. The number of rotatable bonds is 3. The summed E-state index contributed by atoms with van der Waals surface area (Å²) in [5.41, 5.74) is 1.87. The van der Waals surface area contributed by atoms with E-state index in [1.807, 2.05) is 6.07 Å². The van der Waals surface area contributed by atoms with Gasteiger partial charge in [-0.25, -0.2) is 4.39 Å². The Labute approximate surface area is 78.3 Å². The summed E-state index contributed by atoms with van der Waals surface area (Å²) in [4.78, 5) is 4.14. The van der Waals surface area contributed by atoms with Gasteiger partial charge in [0.15, 0.2) is 0 Å². The van der Waals surface area contributed by atoms with E-state index >= 15 is 0 Å². The standard InChI is InChI=1S/C11H14FN/c1-3-5-11(13-2)9-6-4-7-10(12)8-9/h4,6-8H,3,5H2,1-2H3. The van der Waals surface area contributed by atoms with Crippen molar-refractivity contribution in [2.24, 2.45) is 4.99 Å². The fourth-order valence-corrected chi connectivity index (χ4v) is 1.29. The number of halogens is 1. The molecule has 0 amide bonds. The van der Waals surface area contributed by atoms with Crippen LogP contribution in [0.5, 0.6) is 0 Å². The molecule has 0 N–H and O–H groups in total. The molecule has 0 saturated heterocycles. The zero-order valence-corrected chi connectivity index (χ0v) is 8.05. The average molecular weight is 179 g/mol. The summed E-state index contributed by atoms with van der Waals surface area (Å²) in [6.45, 7) is 2.09. The van der Waals surface area contributed by atoms with Crippen molar-refractivity contribution < 1.29 is 4.39 Å². The molecule has 1 aromatic rings. The Morgan fingerprint density at radius 2 is 2.23 bits per heavy atom. The second-order valence-corrected chi connectivity index (χ2v) is 2.93. The van der Waals surface area contributed by atoms with E-state index < -0.39 is 0 Å². The summed E-state index contributed by atoms with van der Waals surface area (Å²) >= 11 is 0. The molecule has 0 aliphatic rings. The third-order valence-electron chi connectivity index (χ3n) is 1.91. The lowest BCUT2D eigenvalue weighted by Gasteiger charge is -2.03. The van der Waals surface area contributed by atoms with E-state index in [1.165, 1.54) is 12.1 Å². The van der Waals surface area contributed by atoms with Gasteiger partial charge in [-0.1, -0.05) is 25.5 Å². The van der Waals surface area contributed by atoms with Crippen molar-refractivity contribution in [1.29, 1.82) is 0 Å². The van der Waals surface area contributed by atoms with Crippen LogP contribution in [0, 0.1) is 5.82 Å². The highest BCUT2D eigenvalue weighted by molar-refractivity contribution is 6.00. The van der Waals surface area contributed by atoms with Gasteiger partial charge in [0.25, 0.3) is 0 Å². The molecule has 0 spiro atoms. The van der Waals surface area contributed by atoms with Crippen molar-refractivity contribution >= 4 is 5.71 Å². The van der Waals surface area contributed by atoms with Crippen molar-refractivity contribution in [2.45, 2.75) is 19.8 Å². The fourth-order valence-electron chi connectivity index (χ4n) is 1.29. The maximum atomic E-state index is 12.8. The van der Waals surface area contributed by atoms with Crippen LogP contribution < -0.4 is 0 Å². The lowest BCUT2D eigenvalue weighted by molar-refractivity contribution is 0.627. The molecule has 0 aromatic heterocycles. The molecule has 0 aliphatic carbocycles. The van der Waals surface area contributed by atoms with Crippen LogP contribution in [0.1, 0.15) is 25.3 Å². The number of nitrogens with zero attached hydrogens (tertiary/aromatic N) is 1. The van der Waals surface area contributed by atoms with Crippen molar-refractivity contribution in [1.82, 2.24) is 0 Å². The van der Waals surface area contributed by atoms with Gasteiger partial charge in [0.1, 0.15) is 5.82 Å². The molecule has 0 radical (unpaired) electrons. The molecule has 2 heteroatoms. The third kappa shape index (κ3) is 2.65. The largest absolute Gasteiger partial charge is 0.292 e. The smallest absolute Gasteiger partial charge is 0.123 e. The molecule has 0 unspecified atom stereocenters. The minimum Gasteiger partial charge on any atom is -0.292 e. The first-order chi connectivity index (χ1) is 6.27. The molecule has 0 fully saturated rings. The predicted octanol–water partition coefficient (Wildman–Crippen LogP) is 3.04. The maximum Gasteiger partial charge on any atom is 0.123 e. The normalized spacial score (nSPS) is 11.8. The minimum atomic E-state index is -0.199. The van der Waals surface area contributed by atoms with E-state index in [9.17, 15) is 4.39 Å². The summed E-state index contributed by atoms with van der Waals surface area (Å²) in [6.07, 6.45) is 1.93. The summed E-state index contributed by atoms with van der Waals surface area (Å²) < 4.78 is 12.8. The number of aliphatic imine (C=N–C) groups is 1. The van der Waals surface area contributed by atoms with E-state index in [0.29, 0.717) is 0 Å². The molecular weight excluding hydrogens is 165 g/mol. The summed E-state index contributed by atoms with van der Waals surface area (Å²) in [7, 11) is 1.75. The molecule has 0 saturated carbocycles. The van der Waals surface area contributed by atoms with E-state index in [-0.39, 0.29) is 5.82 Å². The quantitative estimate of drug-likeness (QED) is 0.632. The van der Waals surface area contributed by atoms with Crippen molar-refractivity contribution in [2.75, 3.05) is 7.05 Å². The predicted molar refractivity (Wildman–Crippen MR) is 53.8 cm³/mol. The lowest BCUT2D eigenvalue weighted by atomic mass is 10.1. The Morgan fingerprint density at radius 3 is 2.77 bits per heavy atom. The SMILES string of the molecule is CCCC(=NC)c1cccc(F)c1. The molecule has 13 heavy (non-hydrogen) atoms. The fraction of sp³-hybridized carbons (Fsp3) is 0.364. The first kappa shape index (κ1) is 9.90. The van der Waals surface area contributed by atoms with Crippen molar-refractivity contribution in [3.63, 3.8) is 0 Å². The number of benzene rings is 1. The van der Waals surface area contributed by atoms with Gasteiger partial charge in [-0.3, -0.25) is 4.99 Å². The highest BCUT2D eigenvalue weighted by Crippen LogP contribution is 2.08. The van der Waals surface area contributed by atoms with Crippen LogP contribution in [0.2, 0.25) is 0 Å². The monoisotopic (exact) mass is 179 g/mol. The van der Waals surface area contributed by atoms with E-state index in [0.717, 1.165) is 24.1 Å². The summed E-state index contributed by atoms with van der Waals surface area (Å²) in [5.74, 6) is -0.199. The number of hydrogen-bond acceptors (Lipinski definition) is 1. The first-order valence-corrected chi connectivity index (χ1v) is 4.49. The second kappa shape index (κ2) is 4.75. The van der Waals surface area contributed by atoms with Gasteiger partial charge in [-0.15, -0.1) is 0 Å². The van der Waals surface area contributed by atoms with Gasteiger partial charge in [0.05, 0.1) is 0 Å². The molecule has 0 aliphatic heterocycles. The van der Waals surface area contributed by atoms with E-state index in [4.69, 9.17) is 0 Å². The van der Waals surface area contributed by atoms with E-state index in [2.05, 4.69) is 11.9 Å². The Bertz CT molecular complexity index is 305. The minimum absolute atomic E-state index is 0.199. The van der Waals surface area contributed by atoms with Crippen LogP contribution in [0.15, 0.2) is 29.3 Å². The van der Waals surface area contributed by atoms with E-state index in [1.54, 1.807) is 13.1 Å². The molecule has 0 heterocycles. The van der Waals surface area contributed by atoms with Crippen LogP contribution >= 0.6 is 0 Å². The van der Waals surface area contributed by atoms with Crippen LogP contribution in [0.4, 0.5) is 4.39 Å². The van der Waals surface area contributed by atoms with Gasteiger partial charge < -0.3 is 0 Å². The molecule has 1 rings (SSSR count). The van der Waals surface area contributed by atoms with Gasteiger partial charge >= 0.3 is 0 Å². The van der Waals surface area contributed by atoms with Crippen LogP contribution in [-0.2, 0) is 0 Å². The van der Waals surface area contributed by atoms with Gasteiger partial charge in [-0.05, 0) is 24.1 Å². The number of hydrogen-bond donors (Lipinski definition) is 0. The second-order valence-electron chi connectivity index (χ2n) is 2.93. The zero-order chi connectivity index (χ0) is 9.68. The maximum absolute atomic E-state index is 12.8. The highest BCUT2D eigenvalue weighted by Gasteiger charge is 2.01. The average Bonchev–Trinajstić information content (AvgIpc) is 2.14. The zero-order valence-electron chi connectivity index (χ0n) is 8.05. The first-order valence-electron chi connectivity index (χ1n) is 4.49. The molecular formula is C11H14FN. The Kier molecular flexibility index (Phi) is 3.62.